The van der Waals surface area contributed by atoms with Crippen LogP contribution in [0.25, 0.3) is 10.9 Å². The van der Waals surface area contributed by atoms with Gasteiger partial charge in [0.2, 0.25) is 11.8 Å². The van der Waals surface area contributed by atoms with E-state index in [1.54, 1.807) is 6.20 Å². The first-order chi connectivity index (χ1) is 12.7. The summed E-state index contributed by atoms with van der Waals surface area (Å²) in [6.07, 6.45) is 0.552. The van der Waals surface area contributed by atoms with Gasteiger partial charge < -0.3 is 31.6 Å². The highest BCUT2D eigenvalue weighted by atomic mass is 16.4. The number of aliphatic carboxylic acids is 1. The maximum Gasteiger partial charge on any atom is 0.328 e. The molecule has 0 aliphatic heterocycles. The monoisotopic (exact) mass is 376 g/mol. The van der Waals surface area contributed by atoms with Crippen LogP contribution in [-0.4, -0.2) is 57.2 Å². The molecule has 9 heteroatoms. The van der Waals surface area contributed by atoms with E-state index in [2.05, 4.69) is 15.6 Å². The molecule has 2 rings (SSSR count). The van der Waals surface area contributed by atoms with Crippen LogP contribution >= 0.6 is 0 Å². The fraction of sp³-hybridized carbons (Fsp3) is 0.389. The van der Waals surface area contributed by atoms with Crippen molar-refractivity contribution >= 4 is 28.7 Å². The van der Waals surface area contributed by atoms with Crippen LogP contribution in [-0.2, 0) is 20.8 Å². The quantitative estimate of drug-likeness (QED) is 0.364. The number of para-hydroxylation sites is 1. The Bertz CT molecular complexity index is 830. The van der Waals surface area contributed by atoms with Gasteiger partial charge in [0.05, 0.1) is 12.1 Å². The lowest BCUT2D eigenvalue weighted by atomic mass is 10.0. The van der Waals surface area contributed by atoms with Gasteiger partial charge in [-0.15, -0.1) is 0 Å². The molecule has 1 heterocycles. The number of benzene rings is 1. The van der Waals surface area contributed by atoms with Gasteiger partial charge in [-0.1, -0.05) is 18.2 Å². The summed E-state index contributed by atoms with van der Waals surface area (Å²) in [5.41, 5.74) is 7.21. The molecule has 2 aromatic rings. The minimum Gasteiger partial charge on any atom is -0.480 e. The molecule has 7 N–H and O–H groups in total. The molecule has 1 aromatic heterocycles. The average molecular weight is 376 g/mol. The molecule has 0 saturated carbocycles. The van der Waals surface area contributed by atoms with Gasteiger partial charge in [0.15, 0.2) is 6.04 Å². The maximum atomic E-state index is 12.6. The van der Waals surface area contributed by atoms with Crippen LogP contribution in [0, 0.1) is 0 Å². The van der Waals surface area contributed by atoms with Gasteiger partial charge in [-0.05, 0) is 25.5 Å². The molecule has 0 aliphatic carbocycles. The molecule has 0 bridgehead atoms. The second-order valence-corrected chi connectivity index (χ2v) is 6.48. The minimum absolute atomic E-state index is 0.125. The van der Waals surface area contributed by atoms with Crippen LogP contribution in [0.1, 0.15) is 19.4 Å². The van der Waals surface area contributed by atoms with Crippen molar-refractivity contribution in [2.75, 3.05) is 0 Å². The highest BCUT2D eigenvalue weighted by molar-refractivity contribution is 5.92. The predicted octanol–water partition coefficient (Wildman–Crippen LogP) is -0.507. The van der Waals surface area contributed by atoms with E-state index in [1.807, 2.05) is 24.3 Å². The van der Waals surface area contributed by atoms with Crippen LogP contribution in [0.4, 0.5) is 0 Å². The van der Waals surface area contributed by atoms with Crippen LogP contribution in [0.2, 0.25) is 0 Å². The van der Waals surface area contributed by atoms with Gasteiger partial charge >= 0.3 is 5.97 Å². The molecule has 9 nitrogen and oxygen atoms in total. The molecule has 146 valence electrons. The van der Waals surface area contributed by atoms with E-state index < -0.39 is 42.0 Å². The Morgan fingerprint density at radius 2 is 1.81 bits per heavy atom. The largest absolute Gasteiger partial charge is 0.480 e. The summed E-state index contributed by atoms with van der Waals surface area (Å²) < 4.78 is 0. The zero-order valence-electron chi connectivity index (χ0n) is 15.1. The zero-order chi connectivity index (χ0) is 20.1. The van der Waals surface area contributed by atoms with E-state index in [9.17, 15) is 19.5 Å². The van der Waals surface area contributed by atoms with Crippen LogP contribution in [0.3, 0.4) is 0 Å². The van der Waals surface area contributed by atoms with Gasteiger partial charge in [-0.25, -0.2) is 4.79 Å². The number of carbonyl (C=O) groups excluding carboxylic acids is 2. The lowest BCUT2D eigenvalue weighted by Gasteiger charge is -2.23. The third-order valence-corrected chi connectivity index (χ3v) is 4.19. The summed E-state index contributed by atoms with van der Waals surface area (Å²) in [6, 6.07) is 4.09. The lowest BCUT2D eigenvalue weighted by Crippen LogP contribution is -2.56. The smallest absolute Gasteiger partial charge is 0.328 e. The number of rotatable bonds is 8. The molecule has 0 aliphatic rings. The van der Waals surface area contributed by atoms with Gasteiger partial charge in [0.1, 0.15) is 6.04 Å². The molecule has 4 atom stereocenters. The highest BCUT2D eigenvalue weighted by Crippen LogP contribution is 2.19. The van der Waals surface area contributed by atoms with Gasteiger partial charge in [0.25, 0.3) is 0 Å². The number of hydrogen-bond acceptors (Lipinski definition) is 5. The van der Waals surface area contributed by atoms with E-state index in [1.165, 1.54) is 13.8 Å². The summed E-state index contributed by atoms with van der Waals surface area (Å²) in [5, 5.41) is 24.4. The van der Waals surface area contributed by atoms with Crippen molar-refractivity contribution in [3.8, 4) is 0 Å². The molecule has 2 amide bonds. The summed E-state index contributed by atoms with van der Waals surface area (Å²) in [6.45, 7) is 2.74. The second kappa shape index (κ2) is 8.65. The maximum absolute atomic E-state index is 12.6. The second-order valence-electron chi connectivity index (χ2n) is 6.48. The van der Waals surface area contributed by atoms with Crippen molar-refractivity contribution in [1.82, 2.24) is 15.6 Å². The molecular weight excluding hydrogens is 352 g/mol. The molecule has 1 aromatic carbocycles. The van der Waals surface area contributed by atoms with Crippen LogP contribution in [0.15, 0.2) is 30.5 Å². The highest BCUT2D eigenvalue weighted by Gasteiger charge is 2.30. The molecule has 0 radical (unpaired) electrons. The number of amides is 2. The first kappa shape index (κ1) is 20.4. The Hall–Kier alpha value is -2.91. The molecule has 0 saturated heterocycles. The summed E-state index contributed by atoms with van der Waals surface area (Å²) in [5.74, 6) is -2.63. The van der Waals surface area contributed by atoms with Crippen molar-refractivity contribution < 1.29 is 24.6 Å². The fourth-order valence-corrected chi connectivity index (χ4v) is 2.68. The first-order valence-corrected chi connectivity index (χ1v) is 8.53. The number of nitrogens with one attached hydrogen (secondary N) is 3. The van der Waals surface area contributed by atoms with Crippen LogP contribution < -0.4 is 16.4 Å². The zero-order valence-corrected chi connectivity index (χ0v) is 15.1. The Morgan fingerprint density at radius 3 is 2.41 bits per heavy atom. The Balaban J connectivity index is 2.26. The lowest BCUT2D eigenvalue weighted by molar-refractivity contribution is -0.145. The number of aliphatic hydroxyl groups excluding tert-OH is 1. The molecule has 0 spiro atoms. The molecule has 4 unspecified atom stereocenters. The number of hydrogen-bond donors (Lipinski definition) is 6. The first-order valence-electron chi connectivity index (χ1n) is 8.53. The van der Waals surface area contributed by atoms with Crippen molar-refractivity contribution in [2.24, 2.45) is 5.73 Å². The van der Waals surface area contributed by atoms with Gasteiger partial charge in [-0.3, -0.25) is 9.59 Å². The van der Waals surface area contributed by atoms with E-state index >= 15 is 0 Å². The van der Waals surface area contributed by atoms with E-state index in [0.717, 1.165) is 16.5 Å². The van der Waals surface area contributed by atoms with Crippen molar-refractivity contribution in [1.29, 1.82) is 0 Å². The van der Waals surface area contributed by atoms with Gasteiger partial charge in [-0.2, -0.15) is 0 Å². The Labute approximate surface area is 155 Å². The number of carbonyl (C=O) groups is 3. The molecular formula is C18H24N4O5. The average Bonchev–Trinajstić information content (AvgIpc) is 3.01. The SMILES string of the molecule is CC(N)C(=O)NC(Cc1c[nH]c2ccccc12)C(=O)NC(C(=O)O)C(C)O. The van der Waals surface area contributed by atoms with E-state index in [4.69, 9.17) is 10.8 Å². The van der Waals surface area contributed by atoms with Gasteiger partial charge in [0, 0.05) is 23.5 Å². The number of carboxylic acid groups (broad SMARTS) is 1. The number of carboxylic acids is 1. The number of nitrogens with two attached hydrogens (primary N) is 1. The number of aliphatic hydroxyl groups is 1. The Kier molecular flexibility index (Phi) is 6.54. The normalized spacial score (nSPS) is 15.6. The number of fused-ring (bicyclic) bond motifs is 1. The number of H-pyrrole nitrogens is 1. The number of aromatic amines is 1. The van der Waals surface area contributed by atoms with Crippen LogP contribution in [0.5, 0.6) is 0 Å². The summed E-state index contributed by atoms with van der Waals surface area (Å²) in [7, 11) is 0. The standard InChI is InChI=1S/C18H24N4O5/c1-9(19)16(24)21-14(17(25)22-15(10(2)23)18(26)27)7-11-8-20-13-6-4-3-5-12(11)13/h3-6,8-10,14-15,20,23H,7,19H2,1-2H3,(H,21,24)(H,22,25)(H,26,27). The van der Waals surface area contributed by atoms with E-state index in [0.29, 0.717) is 0 Å². The minimum atomic E-state index is -1.49. The summed E-state index contributed by atoms with van der Waals surface area (Å²) in [4.78, 5) is 39.0. The van der Waals surface area contributed by atoms with Crippen molar-refractivity contribution in [2.45, 2.75) is 44.5 Å². The van der Waals surface area contributed by atoms with E-state index in [-0.39, 0.29) is 6.42 Å². The molecule has 0 fully saturated rings. The Morgan fingerprint density at radius 1 is 1.15 bits per heavy atom. The third-order valence-electron chi connectivity index (χ3n) is 4.19. The topological polar surface area (TPSA) is 158 Å². The van der Waals surface area contributed by atoms with Crippen molar-refractivity contribution in [3.05, 3.63) is 36.0 Å². The van der Waals surface area contributed by atoms with Crippen molar-refractivity contribution in [3.63, 3.8) is 0 Å². The fourth-order valence-electron chi connectivity index (χ4n) is 2.68. The summed E-state index contributed by atoms with van der Waals surface area (Å²) >= 11 is 0. The number of aromatic nitrogens is 1. The molecule has 27 heavy (non-hydrogen) atoms. The predicted molar refractivity (Wildman–Crippen MR) is 98.8 cm³/mol. The third kappa shape index (κ3) is 5.05.